The van der Waals surface area contributed by atoms with Crippen LogP contribution < -0.4 is 15.4 Å². The Hall–Kier alpha value is -2.34. The number of furan rings is 1. The first kappa shape index (κ1) is 16.0. The smallest absolute Gasteiger partial charge is 0.293 e. The number of para-hydroxylation sites is 2. The number of rotatable bonds is 5. The number of carbonyl (C=O) groups is 1. The first-order valence-electron chi connectivity index (χ1n) is 6.94. The molecule has 116 valence electrons. The quantitative estimate of drug-likeness (QED) is 0.827. The maximum atomic E-state index is 11.8. The van der Waals surface area contributed by atoms with Crippen molar-refractivity contribution in [1.29, 1.82) is 0 Å². The van der Waals surface area contributed by atoms with Gasteiger partial charge in [-0.3, -0.25) is 10.1 Å². The summed E-state index contributed by atoms with van der Waals surface area (Å²) in [5.74, 6) is 0.904. The molecule has 0 unspecified atom stereocenters. The molecule has 0 aliphatic rings. The van der Waals surface area contributed by atoms with Crippen molar-refractivity contribution in [2.45, 2.75) is 13.8 Å². The zero-order chi connectivity index (χ0) is 15.9. The van der Waals surface area contributed by atoms with Crippen molar-refractivity contribution >= 4 is 28.9 Å². The van der Waals surface area contributed by atoms with E-state index in [2.05, 4.69) is 24.5 Å². The number of anilines is 1. The Labute approximate surface area is 134 Å². The molecule has 22 heavy (non-hydrogen) atoms. The van der Waals surface area contributed by atoms with Crippen LogP contribution in [0.2, 0.25) is 0 Å². The van der Waals surface area contributed by atoms with E-state index in [9.17, 15) is 4.79 Å². The minimum atomic E-state index is -0.400. The predicted octanol–water partition coefficient (Wildman–Crippen LogP) is 3.44. The zero-order valence-electron chi connectivity index (χ0n) is 12.5. The summed E-state index contributed by atoms with van der Waals surface area (Å²) in [5, 5.41) is 5.70. The van der Waals surface area contributed by atoms with Crippen LogP contribution in [0.4, 0.5) is 5.69 Å². The molecule has 0 aliphatic heterocycles. The molecular formula is C16H18N2O3S. The number of carbonyl (C=O) groups excluding carboxylic acids is 1. The van der Waals surface area contributed by atoms with Crippen molar-refractivity contribution in [3.8, 4) is 5.75 Å². The highest BCUT2D eigenvalue weighted by Crippen LogP contribution is 2.24. The molecule has 0 aliphatic carbocycles. The fraction of sp³-hybridized carbons (Fsp3) is 0.250. The molecule has 0 radical (unpaired) electrons. The van der Waals surface area contributed by atoms with Gasteiger partial charge in [-0.25, -0.2) is 0 Å². The van der Waals surface area contributed by atoms with Crippen molar-refractivity contribution in [2.75, 3.05) is 11.9 Å². The molecule has 1 amide bonds. The highest BCUT2D eigenvalue weighted by atomic mass is 32.1. The molecule has 0 saturated heterocycles. The van der Waals surface area contributed by atoms with Gasteiger partial charge in [0.05, 0.1) is 18.6 Å². The van der Waals surface area contributed by atoms with Crippen LogP contribution in [-0.4, -0.2) is 17.6 Å². The SMILES string of the molecule is CC(C)COc1ccccc1NC(=S)NC(=O)c1ccco1. The van der Waals surface area contributed by atoms with Crippen molar-refractivity contribution in [1.82, 2.24) is 5.32 Å². The highest BCUT2D eigenvalue weighted by molar-refractivity contribution is 7.80. The van der Waals surface area contributed by atoms with Crippen LogP contribution in [0.3, 0.4) is 0 Å². The van der Waals surface area contributed by atoms with Crippen molar-refractivity contribution in [2.24, 2.45) is 5.92 Å². The van der Waals surface area contributed by atoms with Crippen molar-refractivity contribution in [3.63, 3.8) is 0 Å². The molecule has 2 N–H and O–H groups in total. The Morgan fingerprint density at radius 3 is 2.73 bits per heavy atom. The fourth-order valence-corrected chi connectivity index (χ4v) is 1.88. The summed E-state index contributed by atoms with van der Waals surface area (Å²) < 4.78 is 10.7. The third kappa shape index (κ3) is 4.60. The van der Waals surface area contributed by atoms with Crippen LogP contribution >= 0.6 is 12.2 Å². The molecule has 0 atom stereocenters. The van der Waals surface area contributed by atoms with Gasteiger partial charge in [0, 0.05) is 0 Å². The van der Waals surface area contributed by atoms with Gasteiger partial charge in [0.15, 0.2) is 10.9 Å². The fourth-order valence-electron chi connectivity index (χ4n) is 1.68. The average Bonchev–Trinajstić information content (AvgIpc) is 3.00. The second kappa shape index (κ2) is 7.61. The van der Waals surface area contributed by atoms with Crippen molar-refractivity contribution in [3.05, 3.63) is 48.4 Å². The third-order valence-corrected chi connectivity index (χ3v) is 2.88. The van der Waals surface area contributed by atoms with Crippen LogP contribution in [0.15, 0.2) is 47.1 Å². The Bertz CT molecular complexity index is 639. The molecule has 0 saturated carbocycles. The van der Waals surface area contributed by atoms with E-state index in [1.807, 2.05) is 24.3 Å². The highest BCUT2D eigenvalue weighted by Gasteiger charge is 2.12. The second-order valence-electron chi connectivity index (χ2n) is 5.09. The second-order valence-corrected chi connectivity index (χ2v) is 5.49. The van der Waals surface area contributed by atoms with E-state index in [0.717, 1.165) is 0 Å². The topological polar surface area (TPSA) is 63.5 Å². The zero-order valence-corrected chi connectivity index (χ0v) is 13.3. The van der Waals surface area contributed by atoms with E-state index < -0.39 is 5.91 Å². The summed E-state index contributed by atoms with van der Waals surface area (Å²) in [6, 6.07) is 10.6. The Morgan fingerprint density at radius 2 is 2.05 bits per heavy atom. The lowest BCUT2D eigenvalue weighted by atomic mass is 10.2. The summed E-state index contributed by atoms with van der Waals surface area (Å²) in [5.41, 5.74) is 0.702. The summed E-state index contributed by atoms with van der Waals surface area (Å²) in [4.78, 5) is 11.8. The number of benzene rings is 1. The van der Waals surface area contributed by atoms with E-state index in [1.54, 1.807) is 12.1 Å². The van der Waals surface area contributed by atoms with Gasteiger partial charge in [0.25, 0.3) is 5.91 Å². The maximum absolute atomic E-state index is 11.8. The Balaban J connectivity index is 1.98. The summed E-state index contributed by atoms with van der Waals surface area (Å²) >= 11 is 5.14. The van der Waals surface area contributed by atoms with E-state index in [1.165, 1.54) is 6.26 Å². The Kier molecular flexibility index (Phi) is 5.55. The molecule has 0 bridgehead atoms. The predicted molar refractivity (Wildman–Crippen MR) is 89.2 cm³/mol. The molecule has 5 nitrogen and oxygen atoms in total. The molecule has 1 aromatic heterocycles. The van der Waals surface area contributed by atoms with E-state index >= 15 is 0 Å². The number of ether oxygens (including phenoxy) is 1. The van der Waals surface area contributed by atoms with Crippen LogP contribution in [0.1, 0.15) is 24.4 Å². The minimum absolute atomic E-state index is 0.182. The summed E-state index contributed by atoms with van der Waals surface area (Å²) in [6.45, 7) is 4.75. The summed E-state index contributed by atoms with van der Waals surface area (Å²) in [7, 11) is 0. The number of amides is 1. The average molecular weight is 318 g/mol. The monoisotopic (exact) mass is 318 g/mol. The van der Waals surface area contributed by atoms with Crippen LogP contribution in [0.25, 0.3) is 0 Å². The number of hydrogen-bond acceptors (Lipinski definition) is 4. The standard InChI is InChI=1S/C16H18N2O3S/c1-11(2)10-21-13-7-4-3-6-12(13)17-16(22)18-15(19)14-8-5-9-20-14/h3-9,11H,10H2,1-2H3,(H2,17,18,19,22). The molecule has 1 heterocycles. The van der Waals surface area contributed by atoms with Gasteiger partial charge in [-0.2, -0.15) is 0 Å². The van der Waals surface area contributed by atoms with Crippen molar-refractivity contribution < 1.29 is 13.9 Å². The molecule has 6 heteroatoms. The van der Waals surface area contributed by atoms with Gasteiger partial charge < -0.3 is 14.5 Å². The lowest BCUT2D eigenvalue weighted by molar-refractivity contribution is 0.0950. The van der Waals surface area contributed by atoms with E-state index in [0.29, 0.717) is 24.0 Å². The first-order valence-corrected chi connectivity index (χ1v) is 7.34. The van der Waals surface area contributed by atoms with Gasteiger partial charge in [-0.15, -0.1) is 0 Å². The lowest BCUT2D eigenvalue weighted by Crippen LogP contribution is -2.34. The molecule has 2 rings (SSSR count). The number of hydrogen-bond donors (Lipinski definition) is 2. The van der Waals surface area contributed by atoms with Gasteiger partial charge in [-0.05, 0) is 42.4 Å². The third-order valence-electron chi connectivity index (χ3n) is 2.68. The molecular weight excluding hydrogens is 300 g/mol. The van der Waals surface area contributed by atoms with Crippen LogP contribution in [0, 0.1) is 5.92 Å². The normalized spacial score (nSPS) is 10.3. The molecule has 2 aromatic rings. The largest absolute Gasteiger partial charge is 0.491 e. The summed E-state index contributed by atoms with van der Waals surface area (Å²) in [6.07, 6.45) is 1.43. The molecule has 0 fully saturated rings. The number of nitrogens with one attached hydrogen (secondary N) is 2. The number of thiocarbonyl (C=S) groups is 1. The lowest BCUT2D eigenvalue weighted by Gasteiger charge is -2.15. The van der Waals surface area contributed by atoms with Gasteiger partial charge >= 0.3 is 0 Å². The van der Waals surface area contributed by atoms with Gasteiger partial charge in [0.1, 0.15) is 5.75 Å². The molecule has 1 aromatic carbocycles. The Morgan fingerprint density at radius 1 is 1.27 bits per heavy atom. The van der Waals surface area contributed by atoms with Gasteiger partial charge in [0.2, 0.25) is 0 Å². The maximum Gasteiger partial charge on any atom is 0.293 e. The van der Waals surface area contributed by atoms with E-state index in [-0.39, 0.29) is 10.9 Å². The van der Waals surface area contributed by atoms with Crippen LogP contribution in [0.5, 0.6) is 5.75 Å². The van der Waals surface area contributed by atoms with Gasteiger partial charge in [-0.1, -0.05) is 26.0 Å². The molecule has 0 spiro atoms. The first-order chi connectivity index (χ1) is 10.6. The van der Waals surface area contributed by atoms with E-state index in [4.69, 9.17) is 21.4 Å². The minimum Gasteiger partial charge on any atom is -0.491 e. The van der Waals surface area contributed by atoms with Crippen LogP contribution in [-0.2, 0) is 0 Å².